The average Bonchev–Trinajstić information content (AvgIpc) is 3.10. The fraction of sp³-hybridized carbons (Fsp3) is 0.800. The topological polar surface area (TPSA) is 36.3 Å². The first kappa shape index (κ1) is 15.4. The van der Waals surface area contributed by atoms with E-state index in [-0.39, 0.29) is 23.9 Å². The molecule has 0 radical (unpaired) electrons. The molecule has 1 aliphatic carbocycles. The first-order chi connectivity index (χ1) is 9.80. The van der Waals surface area contributed by atoms with Crippen LogP contribution in [0.3, 0.4) is 0 Å². The fourth-order valence-corrected chi connectivity index (χ4v) is 3.65. The smallest absolute Gasteiger partial charge is 0.399 e. The maximum absolute atomic E-state index is 6.10. The Labute approximate surface area is 133 Å². The van der Waals surface area contributed by atoms with Crippen LogP contribution in [0.5, 0.6) is 0 Å². The summed E-state index contributed by atoms with van der Waals surface area (Å²) < 4.78 is 14.3. The fourth-order valence-electron chi connectivity index (χ4n) is 3.19. The van der Waals surface area contributed by atoms with Gasteiger partial charge in [0.15, 0.2) is 0 Å². The highest BCUT2D eigenvalue weighted by molar-refractivity contribution is 7.80. The van der Waals surface area contributed by atoms with Crippen LogP contribution < -0.4 is 5.46 Å². The van der Waals surface area contributed by atoms with Gasteiger partial charge in [0.1, 0.15) is 0 Å². The zero-order chi connectivity index (χ0) is 15.3. The van der Waals surface area contributed by atoms with Gasteiger partial charge in [-0.05, 0) is 40.5 Å². The molecule has 2 aliphatic rings. The van der Waals surface area contributed by atoms with Crippen molar-refractivity contribution >= 4 is 25.2 Å². The molecule has 1 aromatic rings. The first-order valence-electron chi connectivity index (χ1n) is 7.81. The van der Waals surface area contributed by atoms with Gasteiger partial charge in [-0.1, -0.05) is 12.8 Å². The van der Waals surface area contributed by atoms with Gasteiger partial charge >= 0.3 is 7.12 Å². The highest BCUT2D eigenvalue weighted by atomic mass is 32.1. The molecule has 6 heteroatoms. The number of aromatic nitrogens is 2. The van der Waals surface area contributed by atoms with Gasteiger partial charge < -0.3 is 9.31 Å². The Morgan fingerprint density at radius 3 is 2.29 bits per heavy atom. The van der Waals surface area contributed by atoms with Gasteiger partial charge in [0.05, 0.1) is 16.7 Å². The third-order valence-corrected chi connectivity index (χ3v) is 6.03. The van der Waals surface area contributed by atoms with Crippen molar-refractivity contribution in [1.29, 1.82) is 0 Å². The second-order valence-corrected chi connectivity index (χ2v) is 7.71. The Bertz CT molecular complexity index is 507. The molecule has 0 unspecified atom stereocenters. The van der Waals surface area contributed by atoms with E-state index in [1.165, 1.54) is 12.8 Å². The van der Waals surface area contributed by atoms with Gasteiger partial charge in [0.25, 0.3) is 0 Å². The van der Waals surface area contributed by atoms with E-state index in [9.17, 15) is 0 Å². The van der Waals surface area contributed by atoms with Crippen molar-refractivity contribution in [3.05, 3.63) is 12.4 Å². The lowest BCUT2D eigenvalue weighted by Crippen LogP contribution is -2.41. The molecular weight excluding hydrogens is 283 g/mol. The first-order valence-corrected chi connectivity index (χ1v) is 8.45. The quantitative estimate of drug-likeness (QED) is 0.688. The van der Waals surface area contributed by atoms with Crippen molar-refractivity contribution in [3.8, 4) is 0 Å². The van der Waals surface area contributed by atoms with Crippen LogP contribution in [-0.2, 0) is 14.8 Å². The molecule has 1 saturated heterocycles. The maximum Gasteiger partial charge on any atom is 0.498 e. The predicted molar refractivity (Wildman–Crippen MR) is 88.2 cm³/mol. The van der Waals surface area contributed by atoms with Crippen LogP contribution in [0.1, 0.15) is 53.4 Å². The zero-order valence-electron chi connectivity index (χ0n) is 13.4. The molecule has 0 N–H and O–H groups in total. The maximum atomic E-state index is 6.10. The zero-order valence-corrected chi connectivity index (χ0v) is 14.3. The molecule has 2 heterocycles. The Morgan fingerprint density at radius 2 is 1.76 bits per heavy atom. The van der Waals surface area contributed by atoms with E-state index in [0.717, 1.165) is 24.1 Å². The van der Waals surface area contributed by atoms with E-state index in [4.69, 9.17) is 9.31 Å². The summed E-state index contributed by atoms with van der Waals surface area (Å²) in [6.45, 7) is 8.29. The van der Waals surface area contributed by atoms with Crippen LogP contribution in [0.15, 0.2) is 12.4 Å². The summed E-state index contributed by atoms with van der Waals surface area (Å²) in [6.07, 6.45) is 8.79. The Morgan fingerprint density at radius 1 is 1.19 bits per heavy atom. The average molecular weight is 308 g/mol. The summed E-state index contributed by atoms with van der Waals surface area (Å²) in [5.41, 5.74) is 0.454. The molecule has 1 aliphatic heterocycles. The molecule has 4 nitrogen and oxygen atoms in total. The molecule has 3 rings (SSSR count). The standard InChI is InChI=1S/C15H25BN2O2S/c1-13(2)14(3,4)20-16(19-13)12-9-17-18(10-12)15(11-21)7-5-6-8-15/h9-10,21H,5-8,11H2,1-4H3. The predicted octanol–water partition coefficient (Wildman–Crippen LogP) is 2.38. The molecule has 1 saturated carbocycles. The molecule has 0 bridgehead atoms. The lowest BCUT2D eigenvalue weighted by atomic mass is 9.82. The van der Waals surface area contributed by atoms with Gasteiger partial charge in [-0.25, -0.2) is 0 Å². The van der Waals surface area contributed by atoms with E-state index in [2.05, 4.69) is 56.3 Å². The number of nitrogens with zero attached hydrogens (tertiary/aromatic N) is 2. The van der Waals surface area contributed by atoms with Crippen molar-refractivity contribution in [3.63, 3.8) is 0 Å². The van der Waals surface area contributed by atoms with Crippen molar-refractivity contribution in [2.75, 3.05) is 5.75 Å². The van der Waals surface area contributed by atoms with Crippen LogP contribution in [-0.4, -0.2) is 33.9 Å². The lowest BCUT2D eigenvalue weighted by molar-refractivity contribution is 0.00578. The monoisotopic (exact) mass is 308 g/mol. The van der Waals surface area contributed by atoms with Crippen LogP contribution in [0, 0.1) is 0 Å². The molecule has 1 aromatic heterocycles. The Hall–Kier alpha value is -0.455. The van der Waals surface area contributed by atoms with Crippen LogP contribution in [0.2, 0.25) is 0 Å². The van der Waals surface area contributed by atoms with E-state index in [1.807, 2.05) is 6.20 Å². The van der Waals surface area contributed by atoms with E-state index in [0.29, 0.717) is 0 Å². The second-order valence-electron chi connectivity index (χ2n) is 7.40. The SMILES string of the molecule is CC1(C)OB(c2cnn(C3(CS)CCCC3)c2)OC1(C)C. The van der Waals surface area contributed by atoms with E-state index in [1.54, 1.807) is 0 Å². The minimum absolute atomic E-state index is 0.0744. The molecule has 2 fully saturated rings. The lowest BCUT2D eigenvalue weighted by Gasteiger charge is -2.32. The van der Waals surface area contributed by atoms with Crippen molar-refractivity contribution in [2.45, 2.75) is 70.1 Å². The molecule has 0 aromatic carbocycles. The third-order valence-electron chi connectivity index (χ3n) is 5.44. The molecule has 21 heavy (non-hydrogen) atoms. The molecule has 0 amide bonds. The Balaban J connectivity index is 1.83. The number of hydrogen-bond acceptors (Lipinski definition) is 4. The summed E-state index contributed by atoms with van der Waals surface area (Å²) in [7, 11) is -0.331. The molecular formula is C15H25BN2O2S. The van der Waals surface area contributed by atoms with Crippen molar-refractivity contribution < 1.29 is 9.31 Å². The van der Waals surface area contributed by atoms with Gasteiger partial charge in [0, 0.05) is 23.6 Å². The summed E-state index contributed by atoms with van der Waals surface area (Å²) in [5.74, 6) is 0.831. The summed E-state index contributed by atoms with van der Waals surface area (Å²) in [4.78, 5) is 0. The molecule has 116 valence electrons. The highest BCUT2D eigenvalue weighted by Crippen LogP contribution is 2.38. The summed E-state index contributed by atoms with van der Waals surface area (Å²) in [5, 5.41) is 4.59. The number of hydrogen-bond donors (Lipinski definition) is 1. The van der Waals surface area contributed by atoms with Crippen molar-refractivity contribution in [2.24, 2.45) is 0 Å². The van der Waals surface area contributed by atoms with Gasteiger partial charge in [-0.15, -0.1) is 0 Å². The largest absolute Gasteiger partial charge is 0.498 e. The molecule has 0 atom stereocenters. The minimum Gasteiger partial charge on any atom is -0.399 e. The van der Waals surface area contributed by atoms with E-state index >= 15 is 0 Å². The Kier molecular flexibility index (Phi) is 3.70. The number of thiol groups is 1. The van der Waals surface area contributed by atoms with Gasteiger partial charge in [0.2, 0.25) is 0 Å². The van der Waals surface area contributed by atoms with E-state index < -0.39 is 0 Å². The minimum atomic E-state index is -0.331. The van der Waals surface area contributed by atoms with Crippen molar-refractivity contribution in [1.82, 2.24) is 9.78 Å². The van der Waals surface area contributed by atoms with Crippen LogP contribution in [0.4, 0.5) is 0 Å². The van der Waals surface area contributed by atoms with Crippen LogP contribution in [0.25, 0.3) is 0 Å². The normalized spacial score (nSPS) is 26.4. The summed E-state index contributed by atoms with van der Waals surface area (Å²) in [6, 6.07) is 0. The summed E-state index contributed by atoms with van der Waals surface area (Å²) >= 11 is 4.56. The number of rotatable bonds is 3. The third kappa shape index (κ3) is 2.45. The second kappa shape index (κ2) is 5.03. The van der Waals surface area contributed by atoms with Crippen LogP contribution >= 0.6 is 12.6 Å². The van der Waals surface area contributed by atoms with Gasteiger partial charge in [-0.2, -0.15) is 17.7 Å². The molecule has 0 spiro atoms. The highest BCUT2D eigenvalue weighted by Gasteiger charge is 2.52. The van der Waals surface area contributed by atoms with Gasteiger partial charge in [-0.3, -0.25) is 4.68 Å².